The predicted molar refractivity (Wildman–Crippen MR) is 69.5 cm³/mol. The number of hydrogen-bond acceptors (Lipinski definition) is 4. The van der Waals surface area contributed by atoms with Crippen LogP contribution in [0.15, 0.2) is 0 Å². The Kier molecular flexibility index (Phi) is 4.80. The van der Waals surface area contributed by atoms with Crippen molar-refractivity contribution < 1.29 is 19.1 Å². The molecule has 0 aromatic heterocycles. The average Bonchev–Trinajstić information content (AvgIpc) is 2.95. The first-order valence-electron chi connectivity index (χ1n) is 7.11. The van der Waals surface area contributed by atoms with E-state index in [1.165, 1.54) is 7.11 Å². The highest BCUT2D eigenvalue weighted by molar-refractivity contribution is 5.86. The summed E-state index contributed by atoms with van der Waals surface area (Å²) in [4.78, 5) is 26.0. The number of likely N-dealkylation sites (tertiary alicyclic amines) is 1. The van der Waals surface area contributed by atoms with Crippen molar-refractivity contribution in [2.75, 3.05) is 26.9 Å². The molecule has 2 saturated heterocycles. The maximum Gasteiger partial charge on any atom is 0.328 e. The summed E-state index contributed by atoms with van der Waals surface area (Å²) in [5.41, 5.74) is 0. The van der Waals surface area contributed by atoms with Crippen molar-refractivity contribution in [1.82, 2.24) is 4.90 Å². The molecule has 2 fully saturated rings. The van der Waals surface area contributed by atoms with Crippen LogP contribution in [-0.4, -0.2) is 49.7 Å². The van der Waals surface area contributed by atoms with E-state index in [1.54, 1.807) is 4.90 Å². The first-order chi connectivity index (χ1) is 9.15. The SMILES string of the molecule is COC(=O)C1CCCN1C(=O)C(C)C1CCOCC1. The number of amides is 1. The molecule has 0 aromatic carbocycles. The predicted octanol–water partition coefficient (Wildman–Crippen LogP) is 1.21. The highest BCUT2D eigenvalue weighted by Gasteiger charge is 2.38. The van der Waals surface area contributed by atoms with Crippen molar-refractivity contribution in [2.45, 2.75) is 38.6 Å². The highest BCUT2D eigenvalue weighted by atomic mass is 16.5. The summed E-state index contributed by atoms with van der Waals surface area (Å²) in [6.45, 7) is 4.13. The first kappa shape index (κ1) is 14.3. The Morgan fingerprint density at radius 1 is 1.26 bits per heavy atom. The summed E-state index contributed by atoms with van der Waals surface area (Å²) in [5, 5.41) is 0. The second kappa shape index (κ2) is 6.37. The zero-order valence-corrected chi connectivity index (χ0v) is 11.8. The lowest BCUT2D eigenvalue weighted by Gasteiger charge is -2.31. The third kappa shape index (κ3) is 3.08. The van der Waals surface area contributed by atoms with Gasteiger partial charge in [-0.15, -0.1) is 0 Å². The molecule has 5 nitrogen and oxygen atoms in total. The molecule has 0 aliphatic carbocycles. The van der Waals surface area contributed by atoms with E-state index in [0.29, 0.717) is 12.5 Å². The number of rotatable bonds is 3. The van der Waals surface area contributed by atoms with Gasteiger partial charge in [0.05, 0.1) is 7.11 Å². The molecule has 0 radical (unpaired) electrons. The van der Waals surface area contributed by atoms with Crippen LogP contribution in [0.5, 0.6) is 0 Å². The van der Waals surface area contributed by atoms with Crippen LogP contribution in [0.25, 0.3) is 0 Å². The maximum absolute atomic E-state index is 12.6. The van der Waals surface area contributed by atoms with E-state index >= 15 is 0 Å². The van der Waals surface area contributed by atoms with E-state index in [2.05, 4.69) is 0 Å². The van der Waals surface area contributed by atoms with Gasteiger partial charge in [-0.05, 0) is 31.6 Å². The van der Waals surface area contributed by atoms with Gasteiger partial charge in [-0.3, -0.25) is 4.79 Å². The maximum atomic E-state index is 12.6. The van der Waals surface area contributed by atoms with Crippen LogP contribution >= 0.6 is 0 Å². The molecular formula is C14H23NO4. The van der Waals surface area contributed by atoms with Crippen molar-refractivity contribution in [3.63, 3.8) is 0 Å². The summed E-state index contributed by atoms with van der Waals surface area (Å²) in [6.07, 6.45) is 3.47. The van der Waals surface area contributed by atoms with Crippen LogP contribution in [0.4, 0.5) is 0 Å². The molecule has 0 spiro atoms. The van der Waals surface area contributed by atoms with Crippen molar-refractivity contribution >= 4 is 11.9 Å². The standard InChI is InChI=1S/C14H23NO4/c1-10(11-5-8-19-9-6-11)13(16)15-7-3-4-12(15)14(17)18-2/h10-12H,3-9H2,1-2H3. The average molecular weight is 269 g/mol. The van der Waals surface area contributed by atoms with E-state index in [4.69, 9.17) is 9.47 Å². The molecule has 2 aliphatic rings. The van der Waals surface area contributed by atoms with E-state index in [-0.39, 0.29) is 23.8 Å². The van der Waals surface area contributed by atoms with Crippen LogP contribution < -0.4 is 0 Å². The number of ether oxygens (including phenoxy) is 2. The minimum Gasteiger partial charge on any atom is -0.467 e. The number of carbonyl (C=O) groups is 2. The van der Waals surface area contributed by atoms with Crippen molar-refractivity contribution in [2.24, 2.45) is 11.8 Å². The fourth-order valence-corrected chi connectivity index (χ4v) is 3.09. The first-order valence-corrected chi connectivity index (χ1v) is 7.11. The van der Waals surface area contributed by atoms with Gasteiger partial charge in [0.1, 0.15) is 6.04 Å². The lowest BCUT2D eigenvalue weighted by Crippen LogP contribution is -2.45. The van der Waals surface area contributed by atoms with Crippen LogP contribution in [0.2, 0.25) is 0 Å². The Morgan fingerprint density at radius 3 is 2.58 bits per heavy atom. The molecule has 1 amide bonds. The number of nitrogens with zero attached hydrogens (tertiary/aromatic N) is 1. The molecule has 19 heavy (non-hydrogen) atoms. The molecule has 2 unspecified atom stereocenters. The van der Waals surface area contributed by atoms with E-state index in [0.717, 1.165) is 38.9 Å². The molecule has 2 aliphatic heterocycles. The summed E-state index contributed by atoms with van der Waals surface area (Å²) in [7, 11) is 1.38. The molecule has 0 N–H and O–H groups in total. The number of esters is 1. The van der Waals surface area contributed by atoms with Crippen molar-refractivity contribution in [3.05, 3.63) is 0 Å². The minimum absolute atomic E-state index is 0.0332. The zero-order valence-electron chi connectivity index (χ0n) is 11.8. The molecule has 2 atom stereocenters. The van der Waals surface area contributed by atoms with Crippen molar-refractivity contribution in [3.8, 4) is 0 Å². The Morgan fingerprint density at radius 2 is 1.95 bits per heavy atom. The molecule has 5 heteroatoms. The van der Waals surface area contributed by atoms with Gasteiger partial charge < -0.3 is 14.4 Å². The van der Waals surface area contributed by atoms with Gasteiger partial charge >= 0.3 is 5.97 Å². The normalized spacial score (nSPS) is 26.2. The fraction of sp³-hybridized carbons (Fsp3) is 0.857. The van der Waals surface area contributed by atoms with Gasteiger partial charge in [-0.1, -0.05) is 6.92 Å². The second-order valence-electron chi connectivity index (χ2n) is 5.45. The zero-order chi connectivity index (χ0) is 13.8. The smallest absolute Gasteiger partial charge is 0.328 e. The second-order valence-corrected chi connectivity index (χ2v) is 5.45. The summed E-state index contributed by atoms with van der Waals surface area (Å²) in [5.74, 6) is 0.152. The van der Waals surface area contributed by atoms with Gasteiger partial charge in [0, 0.05) is 25.7 Å². The summed E-state index contributed by atoms with van der Waals surface area (Å²) < 4.78 is 10.1. The Balaban J connectivity index is 1.99. The minimum atomic E-state index is -0.375. The van der Waals surface area contributed by atoms with Gasteiger partial charge in [-0.25, -0.2) is 4.79 Å². The van der Waals surface area contributed by atoms with Crippen LogP contribution in [-0.2, 0) is 19.1 Å². The monoisotopic (exact) mass is 269 g/mol. The third-order valence-electron chi connectivity index (χ3n) is 4.37. The highest BCUT2D eigenvalue weighted by Crippen LogP contribution is 2.28. The van der Waals surface area contributed by atoms with E-state index in [1.807, 2.05) is 6.92 Å². The molecular weight excluding hydrogens is 246 g/mol. The van der Waals surface area contributed by atoms with Gasteiger partial charge in [0.25, 0.3) is 0 Å². The molecule has 108 valence electrons. The van der Waals surface area contributed by atoms with Crippen LogP contribution in [0.1, 0.15) is 32.6 Å². The number of carbonyl (C=O) groups excluding carboxylic acids is 2. The Hall–Kier alpha value is -1.10. The molecule has 2 heterocycles. The summed E-state index contributed by atoms with van der Waals surface area (Å²) in [6, 6.07) is -0.375. The number of hydrogen-bond donors (Lipinski definition) is 0. The molecule has 0 saturated carbocycles. The fourth-order valence-electron chi connectivity index (χ4n) is 3.09. The third-order valence-corrected chi connectivity index (χ3v) is 4.37. The Bertz CT molecular complexity index is 338. The lowest BCUT2D eigenvalue weighted by molar-refractivity contribution is -0.153. The van der Waals surface area contributed by atoms with E-state index in [9.17, 15) is 9.59 Å². The largest absolute Gasteiger partial charge is 0.467 e. The van der Waals surface area contributed by atoms with Crippen LogP contribution in [0.3, 0.4) is 0 Å². The Labute approximate surface area is 114 Å². The molecule has 0 aromatic rings. The lowest BCUT2D eigenvalue weighted by atomic mass is 9.86. The van der Waals surface area contributed by atoms with Gasteiger partial charge in [0.2, 0.25) is 5.91 Å². The summed E-state index contributed by atoms with van der Waals surface area (Å²) >= 11 is 0. The molecule has 0 bridgehead atoms. The molecule has 2 rings (SSSR count). The van der Waals surface area contributed by atoms with Crippen LogP contribution in [0, 0.1) is 11.8 Å². The van der Waals surface area contributed by atoms with E-state index < -0.39 is 0 Å². The number of methoxy groups -OCH3 is 1. The van der Waals surface area contributed by atoms with Crippen molar-refractivity contribution in [1.29, 1.82) is 0 Å². The topological polar surface area (TPSA) is 55.8 Å². The quantitative estimate of drug-likeness (QED) is 0.723. The van der Waals surface area contributed by atoms with Gasteiger partial charge in [0.15, 0.2) is 0 Å². The van der Waals surface area contributed by atoms with Gasteiger partial charge in [-0.2, -0.15) is 0 Å².